The van der Waals surface area contributed by atoms with Crippen molar-refractivity contribution in [3.8, 4) is 5.75 Å². The quantitative estimate of drug-likeness (QED) is 0.606. The summed E-state index contributed by atoms with van der Waals surface area (Å²) in [6.45, 7) is 4.56. The average molecular weight is 268 g/mol. The van der Waals surface area contributed by atoms with Crippen LogP contribution in [0.3, 0.4) is 0 Å². The van der Waals surface area contributed by atoms with Crippen molar-refractivity contribution in [2.24, 2.45) is 0 Å². The van der Waals surface area contributed by atoms with Crippen LogP contribution >= 0.6 is 0 Å². The standard InChI is InChI=1S/C13H20N2O4/c1-10(2)14(7-4-8-16)12-6-5-11(19-3)9-13(12)15(17)18/h5-6,9-10,16H,4,7-8H2,1-3H3. The third-order valence-corrected chi connectivity index (χ3v) is 2.87. The molecule has 1 aromatic carbocycles. The first-order chi connectivity index (χ1) is 9.01. The van der Waals surface area contributed by atoms with Crippen molar-refractivity contribution in [1.82, 2.24) is 0 Å². The van der Waals surface area contributed by atoms with Gasteiger partial charge in [-0.25, -0.2) is 0 Å². The minimum absolute atomic E-state index is 0.0194. The number of methoxy groups -OCH3 is 1. The second-order valence-electron chi connectivity index (χ2n) is 4.48. The fourth-order valence-electron chi connectivity index (χ4n) is 1.92. The summed E-state index contributed by atoms with van der Waals surface area (Å²) in [6.07, 6.45) is 0.571. The van der Waals surface area contributed by atoms with Gasteiger partial charge in [-0.05, 0) is 32.4 Å². The number of nitro benzene ring substituents is 1. The Kier molecular flexibility index (Phi) is 5.57. The fourth-order valence-corrected chi connectivity index (χ4v) is 1.92. The molecule has 0 aliphatic heterocycles. The zero-order valence-corrected chi connectivity index (χ0v) is 11.5. The summed E-state index contributed by atoms with van der Waals surface area (Å²) in [5.41, 5.74) is 0.570. The zero-order valence-electron chi connectivity index (χ0n) is 11.5. The monoisotopic (exact) mass is 268 g/mol. The number of hydrogen-bond donors (Lipinski definition) is 1. The van der Waals surface area contributed by atoms with Gasteiger partial charge in [-0.15, -0.1) is 0 Å². The SMILES string of the molecule is COc1ccc(N(CCCO)C(C)C)c([N+](=O)[O-])c1. The van der Waals surface area contributed by atoms with Crippen molar-refractivity contribution in [3.05, 3.63) is 28.3 Å². The first-order valence-corrected chi connectivity index (χ1v) is 6.21. The molecule has 0 spiro atoms. The molecule has 19 heavy (non-hydrogen) atoms. The van der Waals surface area contributed by atoms with Gasteiger partial charge in [0.2, 0.25) is 0 Å². The number of aliphatic hydroxyl groups is 1. The lowest BCUT2D eigenvalue weighted by Crippen LogP contribution is -2.32. The summed E-state index contributed by atoms with van der Waals surface area (Å²) < 4.78 is 5.02. The molecule has 0 unspecified atom stereocenters. The summed E-state index contributed by atoms with van der Waals surface area (Å²) in [5, 5.41) is 20.1. The molecule has 0 atom stereocenters. The maximum atomic E-state index is 11.2. The van der Waals surface area contributed by atoms with Crippen LogP contribution in [0.2, 0.25) is 0 Å². The molecule has 0 fully saturated rings. The van der Waals surface area contributed by atoms with E-state index in [0.29, 0.717) is 24.4 Å². The first kappa shape index (κ1) is 15.2. The number of ether oxygens (including phenoxy) is 1. The molecule has 0 amide bonds. The molecule has 0 aromatic heterocycles. The van der Waals surface area contributed by atoms with E-state index in [1.807, 2.05) is 18.7 Å². The predicted octanol–water partition coefficient (Wildman–Crippen LogP) is 2.20. The molecule has 6 nitrogen and oxygen atoms in total. The van der Waals surface area contributed by atoms with Gasteiger partial charge in [0, 0.05) is 19.2 Å². The minimum atomic E-state index is -0.411. The summed E-state index contributed by atoms with van der Waals surface area (Å²) in [6, 6.07) is 4.92. The Labute approximate surface area is 112 Å². The van der Waals surface area contributed by atoms with E-state index in [-0.39, 0.29) is 18.3 Å². The van der Waals surface area contributed by atoms with E-state index in [9.17, 15) is 10.1 Å². The highest BCUT2D eigenvalue weighted by Crippen LogP contribution is 2.33. The van der Waals surface area contributed by atoms with Crippen LogP contribution in [0.25, 0.3) is 0 Å². The van der Waals surface area contributed by atoms with Crippen molar-refractivity contribution in [3.63, 3.8) is 0 Å². The summed E-state index contributed by atoms with van der Waals surface area (Å²) >= 11 is 0. The second-order valence-corrected chi connectivity index (χ2v) is 4.48. The highest BCUT2D eigenvalue weighted by atomic mass is 16.6. The Morgan fingerprint density at radius 2 is 2.16 bits per heavy atom. The van der Waals surface area contributed by atoms with Crippen molar-refractivity contribution in [2.75, 3.05) is 25.2 Å². The number of benzene rings is 1. The zero-order chi connectivity index (χ0) is 14.4. The third-order valence-electron chi connectivity index (χ3n) is 2.87. The average Bonchev–Trinajstić information content (AvgIpc) is 2.38. The molecule has 1 N–H and O–H groups in total. The van der Waals surface area contributed by atoms with Gasteiger partial charge in [-0.3, -0.25) is 10.1 Å². The van der Waals surface area contributed by atoms with Crippen LogP contribution in [0.1, 0.15) is 20.3 Å². The molecule has 0 saturated carbocycles. The largest absolute Gasteiger partial charge is 0.496 e. The Hall–Kier alpha value is -1.82. The van der Waals surface area contributed by atoms with E-state index in [1.54, 1.807) is 12.1 Å². The van der Waals surface area contributed by atoms with Crippen LogP contribution in [-0.2, 0) is 0 Å². The van der Waals surface area contributed by atoms with Crippen LogP contribution in [0, 0.1) is 10.1 Å². The summed E-state index contributed by atoms with van der Waals surface area (Å²) in [4.78, 5) is 12.7. The van der Waals surface area contributed by atoms with Gasteiger partial charge in [-0.2, -0.15) is 0 Å². The van der Waals surface area contributed by atoms with Crippen LogP contribution < -0.4 is 9.64 Å². The second kappa shape index (κ2) is 6.94. The topological polar surface area (TPSA) is 75.8 Å². The normalized spacial score (nSPS) is 10.6. The molecule has 1 aromatic rings. The molecule has 6 heteroatoms. The Morgan fingerprint density at radius 3 is 2.63 bits per heavy atom. The minimum Gasteiger partial charge on any atom is -0.496 e. The van der Waals surface area contributed by atoms with Gasteiger partial charge in [0.15, 0.2) is 0 Å². The maximum absolute atomic E-state index is 11.2. The number of hydrogen-bond acceptors (Lipinski definition) is 5. The van der Waals surface area contributed by atoms with Crippen molar-refractivity contribution in [2.45, 2.75) is 26.3 Å². The molecule has 1 rings (SSSR count). The maximum Gasteiger partial charge on any atom is 0.296 e. The lowest BCUT2D eigenvalue weighted by molar-refractivity contribution is -0.384. The molecule has 0 saturated heterocycles. The van der Waals surface area contributed by atoms with Crippen LogP contribution in [-0.4, -0.2) is 36.3 Å². The van der Waals surface area contributed by atoms with Crippen molar-refractivity contribution >= 4 is 11.4 Å². The predicted molar refractivity (Wildman–Crippen MR) is 73.8 cm³/mol. The third kappa shape index (κ3) is 3.82. The van der Waals surface area contributed by atoms with E-state index >= 15 is 0 Å². The fraction of sp³-hybridized carbons (Fsp3) is 0.538. The van der Waals surface area contributed by atoms with E-state index in [4.69, 9.17) is 9.84 Å². The lowest BCUT2D eigenvalue weighted by Gasteiger charge is -2.28. The number of rotatable bonds is 7. The molecule has 106 valence electrons. The summed E-state index contributed by atoms with van der Waals surface area (Å²) in [5.74, 6) is 0.460. The molecular formula is C13H20N2O4. The van der Waals surface area contributed by atoms with E-state index in [1.165, 1.54) is 13.2 Å². The molecule has 0 aliphatic carbocycles. The van der Waals surface area contributed by atoms with Gasteiger partial charge in [0.05, 0.1) is 18.1 Å². The smallest absolute Gasteiger partial charge is 0.296 e. The van der Waals surface area contributed by atoms with E-state index in [2.05, 4.69) is 0 Å². The van der Waals surface area contributed by atoms with Crippen LogP contribution in [0.5, 0.6) is 5.75 Å². The van der Waals surface area contributed by atoms with Gasteiger partial charge in [0.25, 0.3) is 5.69 Å². The van der Waals surface area contributed by atoms with Crippen molar-refractivity contribution < 1.29 is 14.8 Å². The molecule has 0 bridgehead atoms. The Morgan fingerprint density at radius 1 is 1.47 bits per heavy atom. The van der Waals surface area contributed by atoms with E-state index < -0.39 is 4.92 Å². The van der Waals surface area contributed by atoms with Crippen LogP contribution in [0.4, 0.5) is 11.4 Å². The highest BCUT2D eigenvalue weighted by Gasteiger charge is 2.22. The Bertz CT molecular complexity index is 435. The molecule has 0 heterocycles. The molecular weight excluding hydrogens is 248 g/mol. The molecule has 0 aliphatic rings. The van der Waals surface area contributed by atoms with Gasteiger partial charge in [-0.1, -0.05) is 0 Å². The van der Waals surface area contributed by atoms with E-state index in [0.717, 1.165) is 0 Å². The first-order valence-electron chi connectivity index (χ1n) is 6.21. The lowest BCUT2D eigenvalue weighted by atomic mass is 10.2. The van der Waals surface area contributed by atoms with Crippen LogP contribution in [0.15, 0.2) is 18.2 Å². The number of nitro groups is 1. The number of aliphatic hydroxyl groups excluding tert-OH is 1. The van der Waals surface area contributed by atoms with Crippen molar-refractivity contribution in [1.29, 1.82) is 0 Å². The molecule has 0 radical (unpaired) electrons. The Balaban J connectivity index is 3.17. The highest BCUT2D eigenvalue weighted by molar-refractivity contribution is 5.66. The van der Waals surface area contributed by atoms with Gasteiger partial charge >= 0.3 is 0 Å². The van der Waals surface area contributed by atoms with Gasteiger partial charge in [0.1, 0.15) is 11.4 Å². The number of nitrogens with zero attached hydrogens (tertiary/aromatic N) is 2. The van der Waals surface area contributed by atoms with Gasteiger partial charge < -0.3 is 14.7 Å². The number of anilines is 1. The summed E-state index contributed by atoms with van der Waals surface area (Å²) in [7, 11) is 1.48.